The summed E-state index contributed by atoms with van der Waals surface area (Å²) < 4.78 is 10.9. The van der Waals surface area contributed by atoms with Crippen LogP contribution in [0.15, 0.2) is 35.6 Å². The summed E-state index contributed by atoms with van der Waals surface area (Å²) in [6.45, 7) is -0.677. The first-order valence-electron chi connectivity index (χ1n) is 12.0. The third-order valence-corrected chi connectivity index (χ3v) is 6.98. The number of benzene rings is 1. The molecule has 15 nitrogen and oxygen atoms in total. The Morgan fingerprint density at radius 2 is 1.77 bits per heavy atom. The number of carbonyl (C=O) groups is 3. The molecule has 212 valence electrons. The van der Waals surface area contributed by atoms with E-state index < -0.39 is 73.1 Å². The van der Waals surface area contributed by atoms with Crippen molar-refractivity contribution >= 4 is 23.6 Å². The third kappa shape index (κ3) is 5.68. The highest BCUT2D eigenvalue weighted by Crippen LogP contribution is 2.36. The molecule has 1 saturated heterocycles. The van der Waals surface area contributed by atoms with Gasteiger partial charge in [0.05, 0.1) is 6.61 Å². The molecule has 10 N–H and O–H groups in total. The number of fused-ring (bicyclic) bond motifs is 1. The molecule has 0 radical (unpaired) electrons. The van der Waals surface area contributed by atoms with Crippen LogP contribution < -0.4 is 15.0 Å². The number of carboxylic acid groups (broad SMARTS) is 3. The second-order valence-corrected chi connectivity index (χ2v) is 9.50. The van der Waals surface area contributed by atoms with Crippen molar-refractivity contribution in [3.05, 3.63) is 41.1 Å². The molecule has 1 fully saturated rings. The summed E-state index contributed by atoms with van der Waals surface area (Å²) in [6.07, 6.45) is -5.10. The van der Waals surface area contributed by atoms with E-state index in [-0.39, 0.29) is 30.8 Å². The normalized spacial score (nSPS) is 33.1. The van der Waals surface area contributed by atoms with Gasteiger partial charge in [0.15, 0.2) is 17.5 Å². The molecule has 1 aromatic carbocycles. The molecule has 15 heteroatoms. The van der Waals surface area contributed by atoms with Gasteiger partial charge in [0.2, 0.25) is 6.29 Å². The van der Waals surface area contributed by atoms with Crippen LogP contribution in [0, 0.1) is 0 Å². The molecule has 0 saturated carbocycles. The van der Waals surface area contributed by atoms with Crippen LogP contribution in [0.25, 0.3) is 0 Å². The number of rotatable bonds is 8. The largest absolute Gasteiger partial charge is 0.504 e. The van der Waals surface area contributed by atoms with Gasteiger partial charge in [0.25, 0.3) is 0 Å². The average Bonchev–Trinajstić information content (AvgIpc) is 3.24. The SMILES string of the molecule is O=C(O)C1=CC(=CC[NH+]2c3cc(OC4OC(CO)C(O)C(O)C4O)c(O)cc3CC2C(=O)O)CC(C(=O)O)N1. The van der Waals surface area contributed by atoms with Crippen molar-refractivity contribution in [3.63, 3.8) is 0 Å². The lowest BCUT2D eigenvalue weighted by Crippen LogP contribution is -3.11. The molecule has 0 aliphatic carbocycles. The van der Waals surface area contributed by atoms with Crippen LogP contribution in [0.3, 0.4) is 0 Å². The van der Waals surface area contributed by atoms with E-state index in [2.05, 4.69) is 5.32 Å². The van der Waals surface area contributed by atoms with Gasteiger partial charge in [-0.3, -0.25) is 4.90 Å². The zero-order valence-electron chi connectivity index (χ0n) is 20.3. The van der Waals surface area contributed by atoms with Crippen LogP contribution in [0.2, 0.25) is 0 Å². The Labute approximate surface area is 220 Å². The van der Waals surface area contributed by atoms with Crippen LogP contribution in [-0.4, -0.2) is 115 Å². The van der Waals surface area contributed by atoms with E-state index in [1.54, 1.807) is 6.08 Å². The molecule has 8 unspecified atom stereocenters. The molecule has 3 heterocycles. The number of carboxylic acids is 3. The van der Waals surface area contributed by atoms with Gasteiger partial charge in [-0.25, -0.2) is 14.4 Å². The number of nitrogens with one attached hydrogen (secondary N) is 2. The Morgan fingerprint density at radius 3 is 2.38 bits per heavy atom. The summed E-state index contributed by atoms with van der Waals surface area (Å²) in [5.41, 5.74) is 0.944. The Morgan fingerprint density at radius 1 is 1.05 bits per heavy atom. The Bertz CT molecular complexity index is 1210. The lowest BCUT2D eigenvalue weighted by atomic mass is 9.99. The van der Waals surface area contributed by atoms with Crippen molar-refractivity contribution in [1.29, 1.82) is 0 Å². The maximum Gasteiger partial charge on any atom is 0.363 e. The van der Waals surface area contributed by atoms with Crippen molar-refractivity contribution in [1.82, 2.24) is 5.32 Å². The van der Waals surface area contributed by atoms with Crippen LogP contribution in [0.1, 0.15) is 12.0 Å². The van der Waals surface area contributed by atoms with Gasteiger partial charge in [0, 0.05) is 24.5 Å². The number of hydrogen-bond donors (Lipinski definition) is 10. The lowest BCUT2D eigenvalue weighted by molar-refractivity contribution is -0.838. The first-order chi connectivity index (χ1) is 18.4. The number of allylic oxidation sites excluding steroid dienone is 1. The molecule has 0 bridgehead atoms. The summed E-state index contributed by atoms with van der Waals surface area (Å²) in [6, 6.07) is 0.444. The molecule has 4 rings (SSSR count). The maximum absolute atomic E-state index is 12.0. The smallest absolute Gasteiger partial charge is 0.363 e. The van der Waals surface area contributed by atoms with Crippen LogP contribution in [0.5, 0.6) is 11.5 Å². The fourth-order valence-corrected chi connectivity index (χ4v) is 4.90. The van der Waals surface area contributed by atoms with Crippen molar-refractivity contribution in [2.75, 3.05) is 13.2 Å². The maximum atomic E-state index is 12.0. The summed E-state index contributed by atoms with van der Waals surface area (Å²) in [5.74, 6) is -4.38. The van der Waals surface area contributed by atoms with Crippen molar-refractivity contribution in [2.45, 2.75) is 55.6 Å². The zero-order valence-corrected chi connectivity index (χ0v) is 20.3. The quantitative estimate of drug-likeness (QED) is 0.140. The fourth-order valence-electron chi connectivity index (χ4n) is 4.90. The van der Waals surface area contributed by atoms with E-state index >= 15 is 0 Å². The number of ether oxygens (including phenoxy) is 2. The van der Waals surface area contributed by atoms with E-state index in [9.17, 15) is 55.2 Å². The number of aliphatic carboxylic acids is 3. The minimum atomic E-state index is -1.74. The fraction of sp³-hybridized carbons (Fsp3) is 0.458. The topological polar surface area (TPSA) is 248 Å². The first kappa shape index (κ1) is 28.3. The van der Waals surface area contributed by atoms with E-state index in [1.807, 2.05) is 0 Å². The molecule has 1 aromatic rings. The lowest BCUT2D eigenvalue weighted by Gasteiger charge is -2.39. The second kappa shape index (κ2) is 11.2. The van der Waals surface area contributed by atoms with Gasteiger partial charge >= 0.3 is 17.9 Å². The standard InChI is InChI=1S/C24H28N2O13/c27-8-17-18(29)19(30)20(31)24(39-17)38-16-7-13-10(6-15(16)28)5-14(23(36)37)26(13)2-1-9-3-11(21(32)33)25-12(4-9)22(34)35/h1,3,6-7,12,14,17-20,24-25,27-31H,2,4-5,8H2,(H,32,33)(H,34,35)(H,36,37)/p+1. The first-order valence-corrected chi connectivity index (χ1v) is 12.0. The number of quaternary nitrogens is 1. The third-order valence-electron chi connectivity index (χ3n) is 6.98. The molecular formula is C24H29N2O13+. The van der Waals surface area contributed by atoms with Gasteiger partial charge in [-0.05, 0) is 23.8 Å². The highest BCUT2D eigenvalue weighted by atomic mass is 16.7. The Balaban J connectivity index is 1.62. The summed E-state index contributed by atoms with van der Waals surface area (Å²) in [7, 11) is 0. The summed E-state index contributed by atoms with van der Waals surface area (Å²) in [5, 5.41) is 81.1. The molecule has 8 atom stereocenters. The van der Waals surface area contributed by atoms with Gasteiger partial charge in [-0.1, -0.05) is 0 Å². The van der Waals surface area contributed by atoms with Gasteiger partial charge in [-0.2, -0.15) is 0 Å². The van der Waals surface area contributed by atoms with Crippen LogP contribution in [-0.2, 0) is 25.5 Å². The van der Waals surface area contributed by atoms with Crippen molar-refractivity contribution in [2.24, 2.45) is 0 Å². The van der Waals surface area contributed by atoms with Gasteiger partial charge in [-0.15, -0.1) is 0 Å². The average molecular weight is 553 g/mol. The summed E-state index contributed by atoms with van der Waals surface area (Å²) >= 11 is 0. The van der Waals surface area contributed by atoms with E-state index in [0.29, 0.717) is 21.7 Å². The Hall–Kier alpha value is -3.73. The summed E-state index contributed by atoms with van der Waals surface area (Å²) in [4.78, 5) is 35.3. The van der Waals surface area contributed by atoms with Crippen LogP contribution >= 0.6 is 0 Å². The Kier molecular flexibility index (Phi) is 8.10. The highest BCUT2D eigenvalue weighted by molar-refractivity contribution is 5.89. The zero-order chi connectivity index (χ0) is 28.6. The predicted molar refractivity (Wildman–Crippen MR) is 126 cm³/mol. The van der Waals surface area contributed by atoms with Crippen LogP contribution in [0.4, 0.5) is 5.69 Å². The number of hydrogen-bond acceptors (Lipinski definition) is 11. The molecule has 3 aliphatic rings. The molecular weight excluding hydrogens is 524 g/mol. The van der Waals surface area contributed by atoms with Crippen molar-refractivity contribution < 1.29 is 69.6 Å². The monoisotopic (exact) mass is 553 g/mol. The van der Waals surface area contributed by atoms with Crippen molar-refractivity contribution in [3.8, 4) is 11.5 Å². The number of aliphatic hydroxyl groups excluding tert-OH is 4. The number of aliphatic hydroxyl groups is 4. The number of aromatic hydroxyl groups is 1. The molecule has 3 aliphatic heterocycles. The van der Waals surface area contributed by atoms with E-state index in [4.69, 9.17) is 9.47 Å². The molecule has 0 aromatic heterocycles. The van der Waals surface area contributed by atoms with Gasteiger partial charge < -0.3 is 55.6 Å². The molecule has 0 amide bonds. The second-order valence-electron chi connectivity index (χ2n) is 9.50. The minimum Gasteiger partial charge on any atom is -0.504 e. The number of phenolic OH excluding ortho intramolecular Hbond substituents is 1. The van der Waals surface area contributed by atoms with E-state index in [1.165, 1.54) is 18.2 Å². The minimum absolute atomic E-state index is 0.0132. The molecule has 39 heavy (non-hydrogen) atoms. The highest BCUT2D eigenvalue weighted by Gasteiger charge is 2.46. The predicted octanol–water partition coefficient (Wildman–Crippen LogP) is -3.56. The van der Waals surface area contributed by atoms with Gasteiger partial charge in [0.1, 0.15) is 48.4 Å². The number of phenols is 1. The van der Waals surface area contributed by atoms with E-state index in [0.717, 1.165) is 0 Å². The molecule has 0 spiro atoms.